The Labute approximate surface area is 144 Å². The molecule has 2 heterocycles. The normalized spacial score (nSPS) is 10.8. The van der Waals surface area contributed by atoms with Crippen molar-refractivity contribution in [1.29, 1.82) is 5.26 Å². The Hall–Kier alpha value is -3.14. The summed E-state index contributed by atoms with van der Waals surface area (Å²) < 4.78 is 7.20. The molecular formula is C18H19N5O2. The van der Waals surface area contributed by atoms with Gasteiger partial charge in [-0.1, -0.05) is 25.5 Å². The van der Waals surface area contributed by atoms with Gasteiger partial charge in [0, 0.05) is 0 Å². The lowest BCUT2D eigenvalue weighted by atomic mass is 10.1. The Bertz CT molecular complexity index is 997. The molecular weight excluding hydrogens is 318 g/mol. The van der Waals surface area contributed by atoms with Crippen molar-refractivity contribution >= 4 is 11.0 Å². The van der Waals surface area contributed by atoms with Crippen LogP contribution in [-0.4, -0.2) is 26.4 Å². The third kappa shape index (κ3) is 3.11. The van der Waals surface area contributed by atoms with E-state index < -0.39 is 0 Å². The second-order valence-electron chi connectivity index (χ2n) is 5.55. The lowest BCUT2D eigenvalue weighted by molar-refractivity contribution is 0.341. The smallest absolute Gasteiger partial charge is 0.279 e. The maximum Gasteiger partial charge on any atom is 0.279 e. The minimum atomic E-state index is -0.319. The zero-order valence-electron chi connectivity index (χ0n) is 14.2. The van der Waals surface area contributed by atoms with Crippen molar-refractivity contribution in [3.63, 3.8) is 0 Å². The van der Waals surface area contributed by atoms with Crippen LogP contribution in [0.15, 0.2) is 29.1 Å². The lowest BCUT2D eigenvalue weighted by Crippen LogP contribution is -2.10. The van der Waals surface area contributed by atoms with Crippen molar-refractivity contribution in [3.05, 3.63) is 40.3 Å². The largest absolute Gasteiger partial charge is 0.493 e. The molecule has 0 radical (unpaired) electrons. The molecule has 0 saturated heterocycles. The first-order valence-electron chi connectivity index (χ1n) is 8.28. The molecule has 0 spiro atoms. The van der Waals surface area contributed by atoms with Crippen LogP contribution in [0.5, 0.6) is 5.75 Å². The van der Waals surface area contributed by atoms with Crippen LogP contribution in [0, 0.1) is 11.3 Å². The van der Waals surface area contributed by atoms with Crippen molar-refractivity contribution in [3.8, 4) is 23.2 Å². The SMILES string of the molecule is CCCc1c2nc(-c3ccccc3OCC)[nH]c(=O)c2nn1CC#N. The van der Waals surface area contributed by atoms with E-state index in [1.165, 1.54) is 0 Å². The number of para-hydroxylation sites is 1. The number of benzene rings is 1. The van der Waals surface area contributed by atoms with Gasteiger partial charge in [0.2, 0.25) is 0 Å². The summed E-state index contributed by atoms with van der Waals surface area (Å²) in [6, 6.07) is 9.52. The number of hydrogen-bond acceptors (Lipinski definition) is 5. The molecule has 0 aliphatic heterocycles. The highest BCUT2D eigenvalue weighted by Gasteiger charge is 2.18. The number of aromatic amines is 1. The lowest BCUT2D eigenvalue weighted by Gasteiger charge is -2.09. The zero-order chi connectivity index (χ0) is 17.8. The molecule has 0 unspecified atom stereocenters. The fourth-order valence-electron chi connectivity index (χ4n) is 2.82. The first kappa shape index (κ1) is 16.7. The van der Waals surface area contributed by atoms with E-state index in [9.17, 15) is 4.79 Å². The van der Waals surface area contributed by atoms with E-state index >= 15 is 0 Å². The zero-order valence-corrected chi connectivity index (χ0v) is 14.2. The number of H-pyrrole nitrogens is 1. The summed E-state index contributed by atoms with van der Waals surface area (Å²) in [4.78, 5) is 19.9. The molecule has 0 aliphatic carbocycles. The minimum Gasteiger partial charge on any atom is -0.493 e. The van der Waals surface area contributed by atoms with Crippen LogP contribution in [0.3, 0.4) is 0 Å². The number of hydrogen-bond donors (Lipinski definition) is 1. The predicted molar refractivity (Wildman–Crippen MR) is 94.4 cm³/mol. The summed E-state index contributed by atoms with van der Waals surface area (Å²) in [5, 5.41) is 13.3. The molecule has 1 aromatic carbocycles. The number of ether oxygens (including phenoxy) is 1. The van der Waals surface area contributed by atoms with Gasteiger partial charge in [-0.3, -0.25) is 9.48 Å². The number of aryl methyl sites for hydroxylation is 1. The number of nitriles is 1. The molecule has 2 aromatic heterocycles. The molecule has 128 valence electrons. The van der Waals surface area contributed by atoms with E-state index in [4.69, 9.17) is 10.00 Å². The Balaban J connectivity index is 2.24. The number of fused-ring (bicyclic) bond motifs is 1. The number of nitrogens with zero attached hydrogens (tertiary/aromatic N) is 4. The Kier molecular flexibility index (Phi) is 4.80. The van der Waals surface area contributed by atoms with Gasteiger partial charge in [-0.05, 0) is 25.5 Å². The third-order valence-electron chi connectivity index (χ3n) is 3.85. The molecule has 0 aliphatic rings. The van der Waals surface area contributed by atoms with Crippen LogP contribution in [0.25, 0.3) is 22.4 Å². The van der Waals surface area contributed by atoms with E-state index in [1.54, 1.807) is 4.68 Å². The van der Waals surface area contributed by atoms with Gasteiger partial charge < -0.3 is 9.72 Å². The highest BCUT2D eigenvalue weighted by Crippen LogP contribution is 2.28. The highest BCUT2D eigenvalue weighted by atomic mass is 16.5. The van der Waals surface area contributed by atoms with Crippen LogP contribution in [0.1, 0.15) is 26.0 Å². The van der Waals surface area contributed by atoms with Gasteiger partial charge >= 0.3 is 0 Å². The van der Waals surface area contributed by atoms with Gasteiger partial charge in [0.1, 0.15) is 23.6 Å². The van der Waals surface area contributed by atoms with Gasteiger partial charge in [0.05, 0.1) is 23.9 Å². The maximum absolute atomic E-state index is 12.5. The maximum atomic E-state index is 12.5. The van der Waals surface area contributed by atoms with E-state index in [1.807, 2.05) is 38.1 Å². The van der Waals surface area contributed by atoms with Gasteiger partial charge in [0.15, 0.2) is 5.52 Å². The molecule has 0 fully saturated rings. The second-order valence-corrected chi connectivity index (χ2v) is 5.55. The van der Waals surface area contributed by atoms with Gasteiger partial charge in [0.25, 0.3) is 5.56 Å². The summed E-state index contributed by atoms with van der Waals surface area (Å²) >= 11 is 0. The van der Waals surface area contributed by atoms with Crippen molar-refractivity contribution in [2.75, 3.05) is 6.61 Å². The van der Waals surface area contributed by atoms with Crippen molar-refractivity contribution in [2.45, 2.75) is 33.2 Å². The average Bonchev–Trinajstić information content (AvgIpc) is 2.95. The second kappa shape index (κ2) is 7.18. The molecule has 25 heavy (non-hydrogen) atoms. The van der Waals surface area contributed by atoms with Gasteiger partial charge in [-0.15, -0.1) is 0 Å². The van der Waals surface area contributed by atoms with Crippen LogP contribution in [0.4, 0.5) is 0 Å². The minimum absolute atomic E-state index is 0.0933. The summed E-state index contributed by atoms with van der Waals surface area (Å²) in [7, 11) is 0. The molecule has 0 saturated carbocycles. The fourth-order valence-corrected chi connectivity index (χ4v) is 2.82. The summed E-state index contributed by atoms with van der Waals surface area (Å²) in [6.45, 7) is 4.55. The highest BCUT2D eigenvalue weighted by molar-refractivity contribution is 5.79. The quantitative estimate of drug-likeness (QED) is 0.746. The molecule has 0 atom stereocenters. The number of nitrogens with one attached hydrogen (secondary N) is 1. The fraction of sp³-hybridized carbons (Fsp3) is 0.333. The van der Waals surface area contributed by atoms with E-state index in [0.29, 0.717) is 30.1 Å². The monoisotopic (exact) mass is 337 g/mol. The van der Waals surface area contributed by atoms with Crippen molar-refractivity contribution in [1.82, 2.24) is 19.7 Å². The first-order valence-corrected chi connectivity index (χ1v) is 8.28. The van der Waals surface area contributed by atoms with Crippen LogP contribution < -0.4 is 10.3 Å². The standard InChI is InChI=1S/C18H19N5O2/c1-3-7-13-15-16(22-23(13)11-10-19)18(24)21-17(20-15)12-8-5-6-9-14(12)25-4-2/h5-6,8-9H,3-4,7,11H2,1-2H3,(H,20,21,24). The molecule has 3 aromatic rings. The van der Waals surface area contributed by atoms with Gasteiger partial charge in [-0.25, -0.2) is 4.98 Å². The van der Waals surface area contributed by atoms with Crippen LogP contribution >= 0.6 is 0 Å². The molecule has 3 rings (SSSR count). The number of rotatable bonds is 6. The third-order valence-corrected chi connectivity index (χ3v) is 3.85. The van der Waals surface area contributed by atoms with Gasteiger partial charge in [-0.2, -0.15) is 10.4 Å². The molecule has 7 nitrogen and oxygen atoms in total. The first-order chi connectivity index (χ1) is 12.2. The summed E-state index contributed by atoms with van der Waals surface area (Å²) in [6.07, 6.45) is 1.56. The molecule has 0 bridgehead atoms. The number of aromatic nitrogens is 4. The predicted octanol–water partition coefficient (Wildman–Crippen LogP) is 2.66. The van der Waals surface area contributed by atoms with Crippen LogP contribution in [0.2, 0.25) is 0 Å². The topological polar surface area (TPSA) is 96.6 Å². The van der Waals surface area contributed by atoms with E-state index in [0.717, 1.165) is 17.7 Å². The molecule has 0 amide bonds. The molecule has 1 N–H and O–H groups in total. The van der Waals surface area contributed by atoms with Crippen molar-refractivity contribution in [2.24, 2.45) is 0 Å². The Morgan fingerprint density at radius 1 is 1.28 bits per heavy atom. The average molecular weight is 337 g/mol. The van der Waals surface area contributed by atoms with E-state index in [2.05, 4.69) is 21.1 Å². The summed E-state index contributed by atoms with van der Waals surface area (Å²) in [5.74, 6) is 1.10. The van der Waals surface area contributed by atoms with Crippen molar-refractivity contribution < 1.29 is 4.74 Å². The Morgan fingerprint density at radius 3 is 2.80 bits per heavy atom. The molecule has 7 heteroatoms. The summed E-state index contributed by atoms with van der Waals surface area (Å²) in [5.41, 5.74) is 2.01. The van der Waals surface area contributed by atoms with Crippen LogP contribution in [-0.2, 0) is 13.0 Å². The Morgan fingerprint density at radius 2 is 2.08 bits per heavy atom. The van der Waals surface area contributed by atoms with E-state index in [-0.39, 0.29) is 17.6 Å².